The number of hydrogen-bond donors (Lipinski definition) is 3. The summed E-state index contributed by atoms with van der Waals surface area (Å²) in [5, 5.41) is 3.82. The van der Waals surface area contributed by atoms with Crippen molar-refractivity contribution in [3.05, 3.63) is 73.8 Å². The molecule has 0 aliphatic heterocycles. The molecule has 0 unspecified atom stereocenters. The summed E-state index contributed by atoms with van der Waals surface area (Å²) in [5.41, 5.74) is 7.58. The molecule has 9 heteroatoms. The highest BCUT2D eigenvalue weighted by Crippen LogP contribution is 2.33. The van der Waals surface area contributed by atoms with Gasteiger partial charge in [-0.1, -0.05) is 13.0 Å². The van der Waals surface area contributed by atoms with Crippen molar-refractivity contribution < 1.29 is 4.79 Å². The zero-order valence-electron chi connectivity index (χ0n) is 19.5. The largest absolute Gasteiger partial charge is 0.345 e. The summed E-state index contributed by atoms with van der Waals surface area (Å²) in [5.74, 6) is 0.690. The molecule has 0 bridgehead atoms. The number of anilines is 1. The fraction of sp³-hybridized carbons (Fsp3) is 0.111. The maximum absolute atomic E-state index is 12.0. The molecule has 0 aromatic carbocycles. The van der Waals surface area contributed by atoms with Gasteiger partial charge < -0.3 is 15.3 Å². The molecule has 0 radical (unpaired) electrons. The zero-order chi connectivity index (χ0) is 24.5. The van der Waals surface area contributed by atoms with Crippen LogP contribution in [0.3, 0.4) is 0 Å². The van der Waals surface area contributed by atoms with Crippen LogP contribution in [0.2, 0.25) is 0 Å². The molecular formula is C27H22N8O. The van der Waals surface area contributed by atoms with Crippen molar-refractivity contribution in [1.29, 1.82) is 0 Å². The SMILES string of the molecule is CCCC(=O)Nc1cncc(-c2cnc3[nH]cc(-c4nc5c(-c6cccnc6)cncc5[nH]4)c3c2)c1. The summed E-state index contributed by atoms with van der Waals surface area (Å²) >= 11 is 0. The van der Waals surface area contributed by atoms with Crippen LogP contribution in [-0.4, -0.2) is 40.8 Å². The number of nitrogens with one attached hydrogen (secondary N) is 3. The number of pyridine rings is 4. The molecular weight excluding hydrogens is 452 g/mol. The van der Waals surface area contributed by atoms with Crippen molar-refractivity contribution >= 4 is 33.7 Å². The molecule has 6 aromatic heterocycles. The first-order valence-corrected chi connectivity index (χ1v) is 11.7. The number of nitrogens with zero attached hydrogens (tertiary/aromatic N) is 5. The van der Waals surface area contributed by atoms with E-state index in [-0.39, 0.29) is 5.91 Å². The minimum atomic E-state index is -0.0250. The van der Waals surface area contributed by atoms with Gasteiger partial charge in [0, 0.05) is 76.8 Å². The lowest BCUT2D eigenvalue weighted by atomic mass is 10.1. The van der Waals surface area contributed by atoms with Gasteiger partial charge in [-0.3, -0.25) is 19.7 Å². The molecule has 1 amide bonds. The Morgan fingerprint density at radius 2 is 1.81 bits per heavy atom. The van der Waals surface area contributed by atoms with Gasteiger partial charge in [0.1, 0.15) is 11.5 Å². The highest BCUT2D eigenvalue weighted by atomic mass is 16.1. The lowest BCUT2D eigenvalue weighted by Gasteiger charge is -2.07. The van der Waals surface area contributed by atoms with Gasteiger partial charge in [0.05, 0.1) is 29.1 Å². The van der Waals surface area contributed by atoms with Gasteiger partial charge in [0.25, 0.3) is 0 Å². The maximum atomic E-state index is 12.0. The van der Waals surface area contributed by atoms with Gasteiger partial charge in [0.15, 0.2) is 0 Å². The Bertz CT molecular complexity index is 1700. The van der Waals surface area contributed by atoms with Gasteiger partial charge in [-0.25, -0.2) is 9.97 Å². The first kappa shape index (κ1) is 21.6. The first-order valence-electron chi connectivity index (χ1n) is 11.7. The summed E-state index contributed by atoms with van der Waals surface area (Å²) in [6, 6.07) is 7.85. The van der Waals surface area contributed by atoms with Crippen molar-refractivity contribution in [2.45, 2.75) is 19.8 Å². The van der Waals surface area contributed by atoms with E-state index < -0.39 is 0 Å². The van der Waals surface area contributed by atoms with Crippen LogP contribution in [0.25, 0.3) is 55.7 Å². The number of hydrogen-bond acceptors (Lipinski definition) is 6. The first-order chi connectivity index (χ1) is 17.7. The van der Waals surface area contributed by atoms with E-state index in [1.165, 1.54) is 0 Å². The van der Waals surface area contributed by atoms with E-state index in [9.17, 15) is 4.79 Å². The minimum absolute atomic E-state index is 0.0250. The van der Waals surface area contributed by atoms with Crippen molar-refractivity contribution in [3.8, 4) is 33.6 Å². The molecule has 0 fully saturated rings. The van der Waals surface area contributed by atoms with Crippen LogP contribution in [0, 0.1) is 0 Å². The second-order valence-corrected chi connectivity index (χ2v) is 8.49. The van der Waals surface area contributed by atoms with E-state index in [1.807, 2.05) is 31.3 Å². The summed E-state index contributed by atoms with van der Waals surface area (Å²) < 4.78 is 0. The topological polar surface area (TPSA) is 125 Å². The fourth-order valence-electron chi connectivity index (χ4n) is 4.27. The molecule has 6 heterocycles. The number of amides is 1. The Labute approximate surface area is 206 Å². The van der Waals surface area contributed by atoms with Crippen LogP contribution in [0.5, 0.6) is 0 Å². The van der Waals surface area contributed by atoms with E-state index in [0.717, 1.165) is 56.3 Å². The number of rotatable bonds is 6. The Balaban J connectivity index is 1.40. The highest BCUT2D eigenvalue weighted by molar-refractivity contribution is 5.98. The molecule has 176 valence electrons. The lowest BCUT2D eigenvalue weighted by Crippen LogP contribution is -2.10. The van der Waals surface area contributed by atoms with E-state index in [2.05, 4.69) is 41.3 Å². The molecule has 0 spiro atoms. The number of imidazole rings is 1. The molecule has 6 aromatic rings. The fourth-order valence-corrected chi connectivity index (χ4v) is 4.27. The third kappa shape index (κ3) is 3.96. The van der Waals surface area contributed by atoms with Crippen LogP contribution in [0.4, 0.5) is 5.69 Å². The number of aromatic amines is 2. The highest BCUT2D eigenvalue weighted by Gasteiger charge is 2.15. The van der Waals surface area contributed by atoms with E-state index in [1.54, 1.807) is 43.4 Å². The third-order valence-corrected chi connectivity index (χ3v) is 5.99. The summed E-state index contributed by atoms with van der Waals surface area (Å²) in [6.45, 7) is 1.97. The molecule has 0 aliphatic rings. The number of fused-ring (bicyclic) bond motifs is 2. The van der Waals surface area contributed by atoms with Crippen molar-refractivity contribution in [3.63, 3.8) is 0 Å². The normalized spacial score (nSPS) is 11.2. The van der Waals surface area contributed by atoms with Crippen molar-refractivity contribution in [2.24, 2.45) is 0 Å². The maximum Gasteiger partial charge on any atom is 0.224 e. The van der Waals surface area contributed by atoms with Gasteiger partial charge in [-0.05, 0) is 24.6 Å². The Kier molecular flexibility index (Phi) is 5.42. The average molecular weight is 475 g/mol. The summed E-state index contributed by atoms with van der Waals surface area (Å²) in [4.78, 5) is 41.1. The smallest absolute Gasteiger partial charge is 0.224 e. The van der Waals surface area contributed by atoms with Crippen LogP contribution in [0.1, 0.15) is 19.8 Å². The lowest BCUT2D eigenvalue weighted by molar-refractivity contribution is -0.116. The van der Waals surface area contributed by atoms with Crippen LogP contribution >= 0.6 is 0 Å². The molecule has 6 rings (SSSR count). The number of aromatic nitrogens is 7. The Morgan fingerprint density at radius 3 is 2.67 bits per heavy atom. The van der Waals surface area contributed by atoms with Gasteiger partial charge in [-0.2, -0.15) is 0 Å². The van der Waals surface area contributed by atoms with Gasteiger partial charge in [0.2, 0.25) is 5.91 Å². The van der Waals surface area contributed by atoms with Crippen LogP contribution < -0.4 is 5.32 Å². The second-order valence-electron chi connectivity index (χ2n) is 8.49. The average Bonchev–Trinajstić information content (AvgIpc) is 3.53. The van der Waals surface area contributed by atoms with Crippen LogP contribution in [0.15, 0.2) is 73.8 Å². The summed E-state index contributed by atoms with van der Waals surface area (Å²) in [6.07, 6.45) is 15.5. The van der Waals surface area contributed by atoms with E-state index in [0.29, 0.717) is 17.9 Å². The quantitative estimate of drug-likeness (QED) is 0.298. The van der Waals surface area contributed by atoms with Gasteiger partial charge >= 0.3 is 0 Å². The molecule has 9 nitrogen and oxygen atoms in total. The molecule has 0 saturated carbocycles. The number of carbonyl (C=O) groups is 1. The van der Waals surface area contributed by atoms with Crippen LogP contribution in [-0.2, 0) is 4.79 Å². The number of H-pyrrole nitrogens is 2. The predicted octanol–water partition coefficient (Wildman–Crippen LogP) is 5.36. The Hall–Kier alpha value is -4.92. The molecule has 0 aliphatic carbocycles. The Morgan fingerprint density at radius 1 is 0.944 bits per heavy atom. The monoisotopic (exact) mass is 474 g/mol. The molecule has 0 saturated heterocycles. The summed E-state index contributed by atoms with van der Waals surface area (Å²) in [7, 11) is 0. The van der Waals surface area contributed by atoms with Crippen molar-refractivity contribution in [1.82, 2.24) is 34.9 Å². The molecule has 3 N–H and O–H groups in total. The second kappa shape index (κ2) is 9.03. The van der Waals surface area contributed by atoms with Gasteiger partial charge in [-0.15, -0.1) is 0 Å². The van der Waals surface area contributed by atoms with E-state index in [4.69, 9.17) is 4.98 Å². The number of carbonyl (C=O) groups excluding carboxylic acids is 1. The zero-order valence-corrected chi connectivity index (χ0v) is 19.5. The predicted molar refractivity (Wildman–Crippen MR) is 139 cm³/mol. The molecule has 0 atom stereocenters. The third-order valence-electron chi connectivity index (χ3n) is 5.99. The molecule has 36 heavy (non-hydrogen) atoms. The standard InChI is InChI=1S/C27H22N8O/c1-2-4-24(36)33-19-7-17(10-29-12-19)18-8-20-22(14-32-26(20)31-11-18)27-34-23-15-30-13-21(25(23)35-27)16-5-3-6-28-9-16/h3,5-15H,2,4H2,1H3,(H,31,32)(H,33,36)(H,34,35). The van der Waals surface area contributed by atoms with Crippen molar-refractivity contribution in [2.75, 3.05) is 5.32 Å². The van der Waals surface area contributed by atoms with E-state index >= 15 is 0 Å². The minimum Gasteiger partial charge on any atom is -0.345 e.